The summed E-state index contributed by atoms with van der Waals surface area (Å²) in [5.41, 5.74) is 3.14. The second-order valence-corrected chi connectivity index (χ2v) is 8.43. The number of carbonyl (C=O) groups is 2. The van der Waals surface area contributed by atoms with Crippen molar-refractivity contribution in [1.82, 2.24) is 9.80 Å². The lowest BCUT2D eigenvalue weighted by molar-refractivity contribution is -0.286. The Kier molecular flexibility index (Phi) is 7.02. The molecule has 0 radical (unpaired) electrons. The lowest BCUT2D eigenvalue weighted by atomic mass is 10.0. The molecular formula is C25H29F2N3O4. The molecule has 182 valence electrons. The van der Waals surface area contributed by atoms with Gasteiger partial charge in [-0.25, -0.2) is 0 Å². The summed E-state index contributed by atoms with van der Waals surface area (Å²) in [7, 11) is 0. The van der Waals surface area contributed by atoms with Crippen molar-refractivity contribution in [3.63, 3.8) is 0 Å². The summed E-state index contributed by atoms with van der Waals surface area (Å²) in [6.07, 6.45) is -1.47. The highest BCUT2D eigenvalue weighted by molar-refractivity contribution is 5.98. The first kappa shape index (κ1) is 23.9. The van der Waals surface area contributed by atoms with Crippen LogP contribution >= 0.6 is 0 Å². The van der Waals surface area contributed by atoms with Crippen molar-refractivity contribution in [3.05, 3.63) is 53.1 Å². The van der Waals surface area contributed by atoms with Crippen molar-refractivity contribution in [2.24, 2.45) is 0 Å². The summed E-state index contributed by atoms with van der Waals surface area (Å²) in [5.74, 6) is -0.875. The number of rotatable bonds is 6. The Bertz CT molecular complexity index is 1050. The van der Waals surface area contributed by atoms with Gasteiger partial charge in [-0.05, 0) is 42.5 Å². The summed E-state index contributed by atoms with van der Waals surface area (Å²) in [6.45, 7) is 6.31. The number of amides is 2. The van der Waals surface area contributed by atoms with E-state index in [2.05, 4.69) is 28.6 Å². The predicted molar refractivity (Wildman–Crippen MR) is 123 cm³/mol. The molecule has 0 atom stereocenters. The molecule has 1 N–H and O–H groups in total. The van der Waals surface area contributed by atoms with Crippen molar-refractivity contribution >= 4 is 17.5 Å². The third-order valence-corrected chi connectivity index (χ3v) is 6.17. The molecule has 2 aliphatic rings. The van der Waals surface area contributed by atoms with E-state index < -0.39 is 12.2 Å². The highest BCUT2D eigenvalue weighted by Gasteiger charge is 2.45. The molecule has 2 amide bonds. The Morgan fingerprint density at radius 3 is 2.38 bits per heavy atom. The smallest absolute Gasteiger partial charge is 0.395 e. The zero-order valence-electron chi connectivity index (χ0n) is 19.4. The Morgan fingerprint density at radius 1 is 0.971 bits per heavy atom. The molecule has 34 heavy (non-hydrogen) atoms. The number of hydrogen-bond donors (Lipinski definition) is 1. The second kappa shape index (κ2) is 9.97. The fraction of sp³-hybridized carbons (Fsp3) is 0.440. The minimum Gasteiger partial charge on any atom is -0.395 e. The molecule has 0 unspecified atom stereocenters. The van der Waals surface area contributed by atoms with Crippen LogP contribution in [0.3, 0.4) is 0 Å². The first-order valence-electron chi connectivity index (χ1n) is 11.6. The number of benzene rings is 2. The Balaban J connectivity index is 1.38. The fourth-order valence-corrected chi connectivity index (χ4v) is 4.43. The van der Waals surface area contributed by atoms with Crippen molar-refractivity contribution in [2.45, 2.75) is 39.4 Å². The van der Waals surface area contributed by atoms with Crippen LogP contribution in [-0.2, 0) is 17.6 Å². The summed E-state index contributed by atoms with van der Waals surface area (Å²) in [6, 6.07) is 10.3. The first-order chi connectivity index (χ1) is 16.3. The van der Waals surface area contributed by atoms with Crippen LogP contribution in [0.15, 0.2) is 36.4 Å². The molecule has 0 saturated carbocycles. The first-order valence-corrected chi connectivity index (χ1v) is 11.6. The molecular weight excluding hydrogens is 444 g/mol. The molecule has 2 aromatic carbocycles. The van der Waals surface area contributed by atoms with E-state index in [9.17, 15) is 18.4 Å². The minimum absolute atomic E-state index is 0.0455. The van der Waals surface area contributed by atoms with Gasteiger partial charge in [0, 0.05) is 31.9 Å². The van der Waals surface area contributed by atoms with Crippen molar-refractivity contribution < 1.29 is 27.8 Å². The van der Waals surface area contributed by atoms with Crippen molar-refractivity contribution in [3.8, 4) is 11.5 Å². The van der Waals surface area contributed by atoms with Crippen LogP contribution in [0.2, 0.25) is 0 Å². The van der Waals surface area contributed by atoms with Crippen molar-refractivity contribution in [2.75, 3.05) is 38.0 Å². The Labute approximate surface area is 197 Å². The van der Waals surface area contributed by atoms with Gasteiger partial charge in [0.2, 0.25) is 5.91 Å². The average molecular weight is 474 g/mol. The summed E-state index contributed by atoms with van der Waals surface area (Å²) < 4.78 is 36.0. The monoisotopic (exact) mass is 473 g/mol. The molecule has 0 spiro atoms. The van der Waals surface area contributed by atoms with E-state index in [-0.39, 0.29) is 29.5 Å². The number of para-hydroxylation sites is 2. The molecule has 0 aromatic heterocycles. The number of aryl methyl sites for hydroxylation is 2. The predicted octanol–water partition coefficient (Wildman–Crippen LogP) is 3.92. The number of nitrogens with zero attached hydrogens (tertiary/aromatic N) is 2. The van der Waals surface area contributed by atoms with Crippen LogP contribution in [0.4, 0.5) is 14.5 Å². The van der Waals surface area contributed by atoms with E-state index in [0.29, 0.717) is 32.6 Å². The summed E-state index contributed by atoms with van der Waals surface area (Å²) in [5, 5.41) is 3.08. The van der Waals surface area contributed by atoms with Gasteiger partial charge in [-0.15, -0.1) is 8.78 Å². The minimum atomic E-state index is -3.78. The lowest BCUT2D eigenvalue weighted by Crippen LogP contribution is -2.38. The summed E-state index contributed by atoms with van der Waals surface area (Å²) >= 11 is 0. The normalized spacial score (nSPS) is 17.4. The van der Waals surface area contributed by atoms with Crippen LogP contribution in [0, 0.1) is 0 Å². The highest BCUT2D eigenvalue weighted by atomic mass is 19.3. The van der Waals surface area contributed by atoms with Crippen LogP contribution < -0.4 is 14.8 Å². The molecule has 2 aromatic rings. The van der Waals surface area contributed by atoms with Gasteiger partial charge in [0.05, 0.1) is 12.1 Å². The molecule has 2 heterocycles. The molecule has 1 fully saturated rings. The van der Waals surface area contributed by atoms with Gasteiger partial charge in [0.1, 0.15) is 0 Å². The maximum absolute atomic E-state index is 13.5. The van der Waals surface area contributed by atoms with E-state index in [4.69, 9.17) is 0 Å². The van der Waals surface area contributed by atoms with Gasteiger partial charge >= 0.3 is 6.29 Å². The van der Waals surface area contributed by atoms with Crippen LogP contribution in [0.5, 0.6) is 11.5 Å². The van der Waals surface area contributed by atoms with Crippen LogP contribution in [-0.4, -0.2) is 60.6 Å². The topological polar surface area (TPSA) is 71.1 Å². The van der Waals surface area contributed by atoms with E-state index in [1.165, 1.54) is 18.2 Å². The molecule has 2 aliphatic heterocycles. The van der Waals surface area contributed by atoms with Crippen LogP contribution in [0.1, 0.15) is 41.8 Å². The molecule has 4 rings (SSSR count). The molecule has 1 saturated heterocycles. The van der Waals surface area contributed by atoms with E-state index in [1.807, 2.05) is 23.1 Å². The maximum atomic E-state index is 13.5. The van der Waals surface area contributed by atoms with Crippen molar-refractivity contribution in [1.29, 1.82) is 0 Å². The summed E-state index contributed by atoms with van der Waals surface area (Å²) in [4.78, 5) is 29.5. The number of hydrogen-bond acceptors (Lipinski definition) is 5. The average Bonchev–Trinajstić information content (AvgIpc) is 2.97. The molecule has 9 heteroatoms. The number of halogens is 2. The largest absolute Gasteiger partial charge is 0.586 e. The van der Waals surface area contributed by atoms with E-state index in [0.717, 1.165) is 29.7 Å². The quantitative estimate of drug-likeness (QED) is 0.689. The molecule has 7 nitrogen and oxygen atoms in total. The fourth-order valence-electron chi connectivity index (χ4n) is 4.43. The molecule has 0 bridgehead atoms. The third kappa shape index (κ3) is 5.14. The van der Waals surface area contributed by atoms with Gasteiger partial charge in [0.25, 0.3) is 5.91 Å². The third-order valence-electron chi connectivity index (χ3n) is 6.17. The molecule has 0 aliphatic carbocycles. The standard InChI is InChI=1S/C25H29F2N3O4/c1-3-17-8-5-9-18(4-2)22(17)28-21(31)16-29-12-7-13-30(15-14-29)24(32)19-10-6-11-20-23(19)34-25(26,27)33-20/h5-6,8-11H,3-4,7,12-16H2,1-2H3,(H,28,31). The van der Waals surface area contributed by atoms with Gasteiger partial charge in [-0.3, -0.25) is 14.5 Å². The SMILES string of the molecule is CCc1cccc(CC)c1NC(=O)CN1CCCN(C(=O)c2cccc3c2OC(F)(F)O3)CC1. The van der Waals surface area contributed by atoms with Gasteiger partial charge in [-0.2, -0.15) is 0 Å². The van der Waals surface area contributed by atoms with Gasteiger partial charge < -0.3 is 19.7 Å². The Morgan fingerprint density at radius 2 is 1.68 bits per heavy atom. The Hall–Kier alpha value is -3.20. The zero-order valence-corrected chi connectivity index (χ0v) is 19.4. The number of carbonyl (C=O) groups excluding carboxylic acids is 2. The number of alkyl halides is 2. The van der Waals surface area contributed by atoms with Gasteiger partial charge in [-0.1, -0.05) is 38.1 Å². The lowest BCUT2D eigenvalue weighted by Gasteiger charge is -2.22. The second-order valence-electron chi connectivity index (χ2n) is 8.43. The highest BCUT2D eigenvalue weighted by Crippen LogP contribution is 2.43. The van der Waals surface area contributed by atoms with E-state index >= 15 is 0 Å². The number of fused-ring (bicyclic) bond motifs is 1. The van der Waals surface area contributed by atoms with Gasteiger partial charge in [0.15, 0.2) is 11.5 Å². The number of nitrogens with one attached hydrogen (secondary N) is 1. The zero-order chi connectivity index (χ0) is 24.3. The number of ether oxygens (including phenoxy) is 2. The number of anilines is 1. The maximum Gasteiger partial charge on any atom is 0.586 e. The van der Waals surface area contributed by atoms with E-state index in [1.54, 1.807) is 4.90 Å². The van der Waals surface area contributed by atoms with Crippen LogP contribution in [0.25, 0.3) is 0 Å².